The Bertz CT molecular complexity index is 3200. The van der Waals surface area contributed by atoms with Gasteiger partial charge in [0, 0.05) is 50.6 Å². The van der Waals surface area contributed by atoms with Crippen molar-refractivity contribution in [2.24, 2.45) is 0 Å². The predicted octanol–water partition coefficient (Wildman–Crippen LogP) is 19.0. The first-order valence-electron chi connectivity index (χ1n) is 24.2. The fourth-order valence-electron chi connectivity index (χ4n) is 9.65. The van der Waals surface area contributed by atoms with E-state index in [4.69, 9.17) is 0 Å². The first kappa shape index (κ1) is 43.5. The third kappa shape index (κ3) is 8.51. The molecule has 0 bridgehead atoms. The minimum Gasteiger partial charge on any atom is -0.310 e. The van der Waals surface area contributed by atoms with Crippen LogP contribution in [-0.4, -0.2) is 4.57 Å². The molecule has 0 spiro atoms. The average molecular weight is 872 g/mol. The highest BCUT2D eigenvalue weighted by atomic mass is 15.1. The number of hydrogen-bond donors (Lipinski definition) is 0. The van der Waals surface area contributed by atoms with Crippen LogP contribution in [0.4, 0.5) is 34.1 Å². The molecule has 3 heteroatoms. The van der Waals surface area contributed by atoms with Crippen LogP contribution < -0.4 is 9.80 Å². The molecule has 0 aliphatic rings. The zero-order chi connectivity index (χ0) is 46.3. The highest BCUT2D eigenvalue weighted by Gasteiger charge is 2.21. The largest absolute Gasteiger partial charge is 0.310 e. The Kier molecular flexibility index (Phi) is 11.8. The van der Waals surface area contributed by atoms with E-state index in [0.29, 0.717) is 23.7 Å². The van der Waals surface area contributed by atoms with E-state index in [-0.39, 0.29) is 0 Å². The van der Waals surface area contributed by atoms with Gasteiger partial charge in [0.1, 0.15) is 0 Å². The van der Waals surface area contributed by atoms with Crippen molar-refractivity contribution in [3.8, 4) is 16.8 Å². The molecule has 10 aromatic rings. The molecule has 1 aromatic heterocycles. The van der Waals surface area contributed by atoms with Gasteiger partial charge >= 0.3 is 0 Å². The monoisotopic (exact) mass is 871 g/mol. The van der Waals surface area contributed by atoms with Crippen molar-refractivity contribution < 1.29 is 0 Å². The van der Waals surface area contributed by atoms with E-state index in [1.165, 1.54) is 60.4 Å². The van der Waals surface area contributed by atoms with Crippen molar-refractivity contribution >= 4 is 66.7 Å². The molecule has 0 unspecified atom stereocenters. The Morgan fingerprint density at radius 1 is 0.299 bits per heavy atom. The second-order valence-corrected chi connectivity index (χ2v) is 19.5. The van der Waals surface area contributed by atoms with Gasteiger partial charge in [0.05, 0.1) is 11.0 Å². The number of fused-ring (bicyclic) bond motifs is 4. The zero-order valence-electron chi connectivity index (χ0n) is 40.2. The summed E-state index contributed by atoms with van der Waals surface area (Å²) in [5, 5.41) is 4.85. The van der Waals surface area contributed by atoms with E-state index in [2.05, 4.69) is 270 Å². The number of hydrogen-bond acceptors (Lipinski definition) is 2. The molecule has 9 aromatic carbocycles. The second kappa shape index (κ2) is 18.1. The van der Waals surface area contributed by atoms with Crippen LogP contribution >= 0.6 is 0 Å². The number of anilines is 6. The molecular weight excluding hydrogens is 811 g/mol. The predicted molar refractivity (Wildman–Crippen MR) is 289 cm³/mol. The number of rotatable bonds is 12. The summed E-state index contributed by atoms with van der Waals surface area (Å²) < 4.78 is 2.48. The highest BCUT2D eigenvalue weighted by molar-refractivity contribution is 6.15. The van der Waals surface area contributed by atoms with Gasteiger partial charge in [0.25, 0.3) is 0 Å². The molecule has 3 nitrogen and oxygen atoms in total. The Morgan fingerprint density at radius 2 is 0.687 bits per heavy atom. The van der Waals surface area contributed by atoms with Crippen molar-refractivity contribution in [2.45, 2.75) is 79.1 Å². The lowest BCUT2D eigenvalue weighted by molar-refractivity contribution is 0.866. The Morgan fingerprint density at radius 3 is 1.13 bits per heavy atom. The smallest absolute Gasteiger partial charge is 0.0561 e. The maximum atomic E-state index is 2.48. The minimum atomic E-state index is 0.454. The highest BCUT2D eigenvalue weighted by Crippen LogP contribution is 2.43. The molecule has 0 aliphatic carbocycles. The van der Waals surface area contributed by atoms with Crippen molar-refractivity contribution in [3.63, 3.8) is 0 Å². The van der Waals surface area contributed by atoms with Crippen LogP contribution in [0.5, 0.6) is 0 Å². The molecule has 0 saturated heterocycles. The molecule has 0 N–H and O–H groups in total. The van der Waals surface area contributed by atoms with Gasteiger partial charge in [-0.3, -0.25) is 0 Å². The topological polar surface area (TPSA) is 11.4 Å². The lowest BCUT2D eigenvalue weighted by atomic mass is 10.0. The molecule has 67 heavy (non-hydrogen) atoms. The van der Waals surface area contributed by atoms with E-state index in [0.717, 1.165) is 45.3 Å². The zero-order valence-corrected chi connectivity index (χ0v) is 40.2. The van der Waals surface area contributed by atoms with E-state index in [1.807, 2.05) is 0 Å². The van der Waals surface area contributed by atoms with Crippen LogP contribution in [0.2, 0.25) is 0 Å². The summed E-state index contributed by atoms with van der Waals surface area (Å²) >= 11 is 0. The van der Waals surface area contributed by atoms with Gasteiger partial charge in [0.15, 0.2) is 0 Å². The van der Waals surface area contributed by atoms with Crippen LogP contribution in [0.15, 0.2) is 200 Å². The fraction of sp³-hybridized carbons (Fsp3) is 0.188. The molecule has 0 fully saturated rings. The quantitative estimate of drug-likeness (QED) is 0.121. The Hall–Kier alpha value is -7.36. The molecular formula is C64H61N3. The van der Waals surface area contributed by atoms with E-state index >= 15 is 0 Å². The minimum absolute atomic E-state index is 0.454. The van der Waals surface area contributed by atoms with Gasteiger partial charge in [-0.2, -0.15) is 0 Å². The van der Waals surface area contributed by atoms with Crippen molar-refractivity contribution in [1.29, 1.82) is 0 Å². The van der Waals surface area contributed by atoms with Crippen LogP contribution in [0.1, 0.15) is 101 Å². The number of aromatic nitrogens is 1. The third-order valence-electron chi connectivity index (χ3n) is 13.7. The maximum absolute atomic E-state index is 2.48. The third-order valence-corrected chi connectivity index (χ3v) is 13.7. The van der Waals surface area contributed by atoms with E-state index < -0.39 is 0 Å². The first-order valence-corrected chi connectivity index (χ1v) is 24.2. The molecule has 10 rings (SSSR count). The molecule has 1 heterocycles. The summed E-state index contributed by atoms with van der Waals surface area (Å²) in [5.74, 6) is 1.83. The van der Waals surface area contributed by atoms with Crippen molar-refractivity contribution in [2.75, 3.05) is 9.80 Å². The van der Waals surface area contributed by atoms with Crippen LogP contribution in [0, 0.1) is 0 Å². The molecule has 0 amide bonds. The van der Waals surface area contributed by atoms with Crippen molar-refractivity contribution in [3.05, 3.63) is 222 Å². The maximum Gasteiger partial charge on any atom is 0.0561 e. The summed E-state index contributed by atoms with van der Waals surface area (Å²) in [6, 6.07) is 75.0. The average Bonchev–Trinajstić information content (AvgIpc) is 3.66. The van der Waals surface area contributed by atoms with Crippen molar-refractivity contribution in [1.82, 2.24) is 4.57 Å². The fourth-order valence-corrected chi connectivity index (χ4v) is 9.65. The van der Waals surface area contributed by atoms with Crippen LogP contribution in [-0.2, 0) is 0 Å². The van der Waals surface area contributed by atoms with Gasteiger partial charge in [-0.15, -0.1) is 0 Å². The Balaban J connectivity index is 1.17. The molecule has 0 saturated carbocycles. The van der Waals surface area contributed by atoms with Gasteiger partial charge in [0.2, 0.25) is 0 Å². The standard InChI is InChI=1S/C64H61N3/c1-42(2)46-14-25-54(26-15-46)65(55-27-16-47(17-28-55)43(3)4)59-35-24-52-39-62-61-37-36-60(66(56-29-18-48(19-30-56)44(5)6)57-31-20-49(21-32-57)45(7)8)41-64(61)67(63(62)40-53(52)38-59)58-33-22-51(23-34-58)50-12-10-9-11-13-50/h9-45H,1-8H3. The molecule has 0 aliphatic heterocycles. The molecule has 0 atom stereocenters. The number of nitrogens with zero attached hydrogens (tertiary/aromatic N) is 3. The summed E-state index contributed by atoms with van der Waals surface area (Å²) in [6.07, 6.45) is 0. The van der Waals surface area contributed by atoms with Gasteiger partial charge in [-0.1, -0.05) is 159 Å². The van der Waals surface area contributed by atoms with Crippen LogP contribution in [0.25, 0.3) is 49.4 Å². The first-order chi connectivity index (χ1) is 32.5. The lowest BCUT2D eigenvalue weighted by Crippen LogP contribution is -2.10. The summed E-state index contributed by atoms with van der Waals surface area (Å²) in [4.78, 5) is 4.81. The summed E-state index contributed by atoms with van der Waals surface area (Å²) in [6.45, 7) is 18.1. The van der Waals surface area contributed by atoms with Crippen LogP contribution in [0.3, 0.4) is 0 Å². The van der Waals surface area contributed by atoms with E-state index in [9.17, 15) is 0 Å². The second-order valence-electron chi connectivity index (χ2n) is 19.5. The summed E-state index contributed by atoms with van der Waals surface area (Å²) in [7, 11) is 0. The van der Waals surface area contributed by atoms with Gasteiger partial charge in [-0.05, 0) is 165 Å². The summed E-state index contributed by atoms with van der Waals surface area (Å²) in [5.41, 5.74) is 18.0. The molecule has 332 valence electrons. The molecule has 0 radical (unpaired) electrons. The normalized spacial score (nSPS) is 11.8. The SMILES string of the molecule is CC(C)c1ccc(N(c2ccc(C(C)C)cc2)c2ccc3cc4c5ccc(N(c6ccc(C(C)C)cc6)c6ccc(C(C)C)cc6)cc5n(-c5ccc(-c6ccccc6)cc5)c4cc3c2)cc1. The van der Waals surface area contributed by atoms with Gasteiger partial charge < -0.3 is 14.4 Å². The van der Waals surface area contributed by atoms with E-state index in [1.54, 1.807) is 0 Å². The Labute approximate surface area is 397 Å². The van der Waals surface area contributed by atoms with Gasteiger partial charge in [-0.25, -0.2) is 0 Å². The lowest BCUT2D eigenvalue weighted by Gasteiger charge is -2.26. The number of benzene rings is 9.